The van der Waals surface area contributed by atoms with Crippen molar-refractivity contribution >= 4 is 11.8 Å². The number of ether oxygens (including phenoxy) is 1. The molecular formula is C21H30O3. The molecule has 0 bridgehead atoms. The SMILES string of the molecule is CC(=O)O[C@@H]1CC[C@@]2(C)C(=CC[C@H]3[C@H]2CC[C@]2(C)C(=O)CC[C@H]32)C1. The highest BCUT2D eigenvalue weighted by molar-refractivity contribution is 5.87. The van der Waals surface area contributed by atoms with E-state index in [1.54, 1.807) is 0 Å². The van der Waals surface area contributed by atoms with E-state index in [-0.39, 0.29) is 22.9 Å². The van der Waals surface area contributed by atoms with E-state index in [0.717, 1.165) is 44.9 Å². The molecule has 24 heavy (non-hydrogen) atoms. The molecule has 0 unspecified atom stereocenters. The molecule has 132 valence electrons. The summed E-state index contributed by atoms with van der Waals surface area (Å²) in [5.74, 6) is 2.33. The maximum Gasteiger partial charge on any atom is 0.302 e. The van der Waals surface area contributed by atoms with Gasteiger partial charge in [-0.1, -0.05) is 25.5 Å². The van der Waals surface area contributed by atoms with E-state index < -0.39 is 0 Å². The Bertz CT molecular complexity index is 606. The fraction of sp³-hybridized carbons (Fsp3) is 0.810. The van der Waals surface area contributed by atoms with Gasteiger partial charge in [-0.3, -0.25) is 9.59 Å². The number of ketones is 1. The molecule has 0 aliphatic heterocycles. The Kier molecular flexibility index (Phi) is 3.71. The Balaban J connectivity index is 1.60. The van der Waals surface area contributed by atoms with Gasteiger partial charge in [-0.15, -0.1) is 0 Å². The van der Waals surface area contributed by atoms with Crippen molar-refractivity contribution < 1.29 is 14.3 Å². The molecule has 6 atom stereocenters. The van der Waals surface area contributed by atoms with Gasteiger partial charge in [0.1, 0.15) is 11.9 Å². The summed E-state index contributed by atoms with van der Waals surface area (Å²) in [5.41, 5.74) is 1.74. The van der Waals surface area contributed by atoms with E-state index in [1.807, 2.05) is 0 Å². The maximum absolute atomic E-state index is 12.4. The van der Waals surface area contributed by atoms with E-state index >= 15 is 0 Å². The van der Waals surface area contributed by atoms with E-state index in [9.17, 15) is 9.59 Å². The van der Waals surface area contributed by atoms with E-state index in [4.69, 9.17) is 4.74 Å². The summed E-state index contributed by atoms with van der Waals surface area (Å²) in [6, 6.07) is 0. The first-order valence-electron chi connectivity index (χ1n) is 9.74. The van der Waals surface area contributed by atoms with Gasteiger partial charge in [0.25, 0.3) is 0 Å². The Labute approximate surface area is 145 Å². The predicted octanol–water partition coefficient (Wildman–Crippen LogP) is 4.45. The van der Waals surface area contributed by atoms with Crippen molar-refractivity contribution in [3.63, 3.8) is 0 Å². The van der Waals surface area contributed by atoms with Crippen LogP contribution in [0.2, 0.25) is 0 Å². The molecule has 3 nitrogen and oxygen atoms in total. The van der Waals surface area contributed by atoms with Crippen LogP contribution in [0.3, 0.4) is 0 Å². The lowest BCUT2D eigenvalue weighted by Gasteiger charge is -2.56. The molecule has 0 spiro atoms. The van der Waals surface area contributed by atoms with Crippen LogP contribution < -0.4 is 0 Å². The molecule has 0 aromatic carbocycles. The first-order chi connectivity index (χ1) is 11.3. The van der Waals surface area contributed by atoms with Gasteiger partial charge >= 0.3 is 5.97 Å². The van der Waals surface area contributed by atoms with Gasteiger partial charge in [0.2, 0.25) is 0 Å². The Morgan fingerprint density at radius 2 is 1.83 bits per heavy atom. The second kappa shape index (κ2) is 5.44. The van der Waals surface area contributed by atoms with Crippen LogP contribution in [0.5, 0.6) is 0 Å². The first kappa shape index (κ1) is 16.4. The van der Waals surface area contributed by atoms with Gasteiger partial charge in [0, 0.05) is 25.2 Å². The van der Waals surface area contributed by atoms with Crippen molar-refractivity contribution in [3.05, 3.63) is 11.6 Å². The number of hydrogen-bond acceptors (Lipinski definition) is 3. The van der Waals surface area contributed by atoms with Gasteiger partial charge in [-0.25, -0.2) is 0 Å². The minimum absolute atomic E-state index is 0.0438. The fourth-order valence-electron chi connectivity index (χ4n) is 6.73. The number of hydrogen-bond donors (Lipinski definition) is 0. The maximum atomic E-state index is 12.4. The lowest BCUT2D eigenvalue weighted by molar-refractivity contribution is -0.148. The summed E-state index contributed by atoms with van der Waals surface area (Å²) in [6.07, 6.45) is 10.8. The van der Waals surface area contributed by atoms with Crippen LogP contribution in [0.15, 0.2) is 11.6 Å². The van der Waals surface area contributed by atoms with Crippen molar-refractivity contribution in [1.82, 2.24) is 0 Å². The van der Waals surface area contributed by atoms with Crippen LogP contribution in [0, 0.1) is 28.6 Å². The highest BCUT2D eigenvalue weighted by atomic mass is 16.5. The topological polar surface area (TPSA) is 43.4 Å². The number of rotatable bonds is 1. The standard InChI is InChI=1S/C21H30O3/c1-13(22)24-15-8-10-20(2)14(12-15)4-5-16-17-6-7-19(23)21(17,3)11-9-18(16)20/h4,15-18H,5-12H2,1-3H3/t15-,16-,17-,18-,20+,21+/m1/s1. The molecule has 4 aliphatic carbocycles. The normalized spacial score (nSPS) is 47.3. The minimum Gasteiger partial charge on any atom is -0.462 e. The van der Waals surface area contributed by atoms with Gasteiger partial charge < -0.3 is 4.74 Å². The number of carbonyl (C=O) groups excluding carboxylic acids is 2. The number of Topliss-reactive ketones (excluding diaryl/α,β-unsaturated/α-hetero) is 1. The smallest absolute Gasteiger partial charge is 0.302 e. The molecule has 0 radical (unpaired) electrons. The van der Waals surface area contributed by atoms with Crippen molar-refractivity contribution in [2.45, 2.75) is 78.2 Å². The van der Waals surface area contributed by atoms with Crippen LogP contribution in [-0.4, -0.2) is 17.9 Å². The van der Waals surface area contributed by atoms with Crippen LogP contribution in [0.1, 0.15) is 72.1 Å². The molecule has 4 aliphatic rings. The van der Waals surface area contributed by atoms with Gasteiger partial charge in [-0.2, -0.15) is 0 Å². The molecule has 3 fully saturated rings. The zero-order valence-corrected chi connectivity index (χ0v) is 15.3. The van der Waals surface area contributed by atoms with E-state index in [0.29, 0.717) is 23.5 Å². The zero-order valence-electron chi connectivity index (χ0n) is 15.3. The minimum atomic E-state index is -0.157. The number of fused-ring (bicyclic) bond motifs is 5. The summed E-state index contributed by atoms with van der Waals surface area (Å²) < 4.78 is 5.50. The predicted molar refractivity (Wildman–Crippen MR) is 92.3 cm³/mol. The summed E-state index contributed by atoms with van der Waals surface area (Å²) in [5, 5.41) is 0. The average Bonchev–Trinajstić information content (AvgIpc) is 2.83. The molecule has 4 rings (SSSR count). The molecule has 0 heterocycles. The quantitative estimate of drug-likeness (QED) is 0.527. The third-order valence-electron chi connectivity index (χ3n) is 8.10. The molecule has 3 saturated carbocycles. The zero-order chi connectivity index (χ0) is 17.1. The lowest BCUT2D eigenvalue weighted by Crippen LogP contribution is -2.50. The van der Waals surface area contributed by atoms with Crippen molar-refractivity contribution in [3.8, 4) is 0 Å². The lowest BCUT2D eigenvalue weighted by atomic mass is 9.48. The second-order valence-corrected chi connectivity index (χ2v) is 9.15. The number of esters is 1. The largest absolute Gasteiger partial charge is 0.462 e. The molecule has 3 heteroatoms. The van der Waals surface area contributed by atoms with Crippen LogP contribution in [0.25, 0.3) is 0 Å². The monoisotopic (exact) mass is 330 g/mol. The summed E-state index contributed by atoms with van der Waals surface area (Å²) in [4.78, 5) is 23.7. The van der Waals surface area contributed by atoms with E-state index in [1.165, 1.54) is 18.9 Å². The van der Waals surface area contributed by atoms with Gasteiger partial charge in [0.05, 0.1) is 0 Å². The molecule has 0 amide bonds. The second-order valence-electron chi connectivity index (χ2n) is 9.15. The molecule has 0 saturated heterocycles. The molecule has 0 aromatic rings. The summed E-state index contributed by atoms with van der Waals surface area (Å²) >= 11 is 0. The van der Waals surface area contributed by atoms with Gasteiger partial charge in [-0.05, 0) is 61.7 Å². The average molecular weight is 330 g/mol. The van der Waals surface area contributed by atoms with Crippen molar-refractivity contribution in [1.29, 1.82) is 0 Å². The van der Waals surface area contributed by atoms with Crippen molar-refractivity contribution in [2.24, 2.45) is 28.6 Å². The summed E-state index contributed by atoms with van der Waals surface area (Å²) in [7, 11) is 0. The third-order valence-corrected chi connectivity index (χ3v) is 8.10. The highest BCUT2D eigenvalue weighted by Crippen LogP contribution is 2.64. The van der Waals surface area contributed by atoms with E-state index in [2.05, 4.69) is 19.9 Å². The fourth-order valence-corrected chi connectivity index (χ4v) is 6.73. The number of allylic oxidation sites excluding steroid dienone is 1. The van der Waals surface area contributed by atoms with Crippen LogP contribution in [-0.2, 0) is 14.3 Å². The van der Waals surface area contributed by atoms with Crippen LogP contribution >= 0.6 is 0 Å². The first-order valence-corrected chi connectivity index (χ1v) is 9.74. The molecule has 0 aromatic heterocycles. The highest BCUT2D eigenvalue weighted by Gasteiger charge is 2.58. The molecule has 0 N–H and O–H groups in total. The Morgan fingerprint density at radius 3 is 2.58 bits per heavy atom. The Morgan fingerprint density at radius 1 is 1.12 bits per heavy atom. The van der Waals surface area contributed by atoms with Gasteiger partial charge in [0.15, 0.2) is 0 Å². The van der Waals surface area contributed by atoms with Crippen LogP contribution in [0.4, 0.5) is 0 Å². The Hall–Kier alpha value is -1.12. The summed E-state index contributed by atoms with van der Waals surface area (Å²) in [6.45, 7) is 6.19. The third kappa shape index (κ3) is 2.23. The molecular weight excluding hydrogens is 300 g/mol. The number of carbonyl (C=O) groups is 2. The van der Waals surface area contributed by atoms with Crippen molar-refractivity contribution in [2.75, 3.05) is 0 Å².